The Morgan fingerprint density at radius 1 is 1.26 bits per heavy atom. The van der Waals surface area contributed by atoms with Crippen LogP contribution in [-0.2, 0) is 16.0 Å². The number of amides is 1. The van der Waals surface area contributed by atoms with E-state index in [2.05, 4.69) is 15.5 Å². The molecule has 1 aromatic heterocycles. The first kappa shape index (κ1) is 21.0. The van der Waals surface area contributed by atoms with Crippen molar-refractivity contribution in [3.63, 3.8) is 0 Å². The highest BCUT2D eigenvalue weighted by atomic mass is 35.5. The Hall–Kier alpha value is -2.29. The van der Waals surface area contributed by atoms with E-state index in [0.29, 0.717) is 17.0 Å². The number of rotatable bonds is 8. The van der Waals surface area contributed by atoms with Gasteiger partial charge in [-0.2, -0.15) is 5.11 Å². The lowest BCUT2D eigenvalue weighted by atomic mass is 10.0. The van der Waals surface area contributed by atoms with Gasteiger partial charge in [-0.15, -0.1) is 28.1 Å². The summed E-state index contributed by atoms with van der Waals surface area (Å²) in [5, 5.41) is 19.3. The van der Waals surface area contributed by atoms with Gasteiger partial charge in [-0.1, -0.05) is 30.7 Å². The van der Waals surface area contributed by atoms with Crippen LogP contribution in [0, 0.1) is 0 Å². The molecule has 1 atom stereocenters. The fourth-order valence-corrected chi connectivity index (χ4v) is 3.29. The van der Waals surface area contributed by atoms with Crippen molar-refractivity contribution in [3.8, 4) is 0 Å². The number of carboxylic acid groups (broad SMARTS) is 1. The Balaban J connectivity index is 2.38. The van der Waals surface area contributed by atoms with Gasteiger partial charge >= 0.3 is 5.97 Å². The van der Waals surface area contributed by atoms with Crippen LogP contribution in [0.25, 0.3) is 0 Å². The van der Waals surface area contributed by atoms with Crippen molar-refractivity contribution in [2.45, 2.75) is 19.5 Å². The molecule has 10 heteroatoms. The predicted molar refractivity (Wildman–Crippen MR) is 103 cm³/mol. The number of benzene rings is 1. The Morgan fingerprint density at radius 2 is 1.96 bits per heavy atom. The molecule has 2 aromatic rings. The van der Waals surface area contributed by atoms with Crippen molar-refractivity contribution >= 4 is 57.2 Å². The molecule has 0 saturated carbocycles. The number of aryl methyl sites for hydroxylation is 1. The Morgan fingerprint density at radius 3 is 2.56 bits per heavy atom. The standard InChI is InChI=1S/C17H15Cl2N3O4S/c1-2-9-7-11(14(24)10-5-3-4-6-12(10)19)16(27-9)22-21-15(17(25)26)20-13(23)8-18/h3-7,15H,2,8H2,1H3,(H,20,23)(H,25,26). The third-order valence-electron chi connectivity index (χ3n) is 3.39. The number of nitrogens with one attached hydrogen (secondary N) is 1. The fraction of sp³-hybridized carbons (Fsp3) is 0.235. The normalized spacial score (nSPS) is 12.1. The average Bonchev–Trinajstić information content (AvgIpc) is 3.07. The Bertz CT molecular complexity index is 898. The van der Waals surface area contributed by atoms with Crippen LogP contribution >= 0.6 is 34.5 Å². The first-order chi connectivity index (χ1) is 12.9. The van der Waals surface area contributed by atoms with Crippen molar-refractivity contribution < 1.29 is 19.5 Å². The van der Waals surface area contributed by atoms with E-state index in [-0.39, 0.29) is 16.3 Å². The summed E-state index contributed by atoms with van der Waals surface area (Å²) in [5.41, 5.74) is 0.572. The zero-order valence-corrected chi connectivity index (χ0v) is 16.4. The third kappa shape index (κ3) is 5.35. The molecule has 0 fully saturated rings. The molecule has 0 bridgehead atoms. The number of carbonyl (C=O) groups is 3. The molecule has 2 N–H and O–H groups in total. The highest BCUT2D eigenvalue weighted by molar-refractivity contribution is 7.16. The monoisotopic (exact) mass is 427 g/mol. The van der Waals surface area contributed by atoms with E-state index >= 15 is 0 Å². The van der Waals surface area contributed by atoms with Crippen LogP contribution in [-0.4, -0.2) is 34.8 Å². The molecule has 0 spiro atoms. The van der Waals surface area contributed by atoms with Crippen molar-refractivity contribution in [1.82, 2.24) is 5.32 Å². The summed E-state index contributed by atoms with van der Waals surface area (Å²) in [6.07, 6.45) is -0.944. The van der Waals surface area contributed by atoms with Gasteiger partial charge in [-0.25, -0.2) is 4.79 Å². The van der Waals surface area contributed by atoms with Crippen LogP contribution in [0.1, 0.15) is 27.7 Å². The summed E-state index contributed by atoms with van der Waals surface area (Å²) in [6.45, 7) is 1.91. The molecule has 0 radical (unpaired) electrons. The summed E-state index contributed by atoms with van der Waals surface area (Å²) in [5.74, 6) is -2.85. The second-order valence-electron chi connectivity index (χ2n) is 5.25. The van der Waals surface area contributed by atoms with Crippen LogP contribution in [0.3, 0.4) is 0 Å². The summed E-state index contributed by atoms with van der Waals surface area (Å²) < 4.78 is 0. The number of nitrogens with zero attached hydrogens (tertiary/aromatic N) is 2. The summed E-state index contributed by atoms with van der Waals surface area (Å²) >= 11 is 12.7. The minimum atomic E-state index is -1.60. The van der Waals surface area contributed by atoms with E-state index in [1.807, 2.05) is 6.92 Å². The van der Waals surface area contributed by atoms with Crippen LogP contribution in [0.15, 0.2) is 40.6 Å². The first-order valence-corrected chi connectivity index (χ1v) is 9.51. The number of thiophene rings is 1. The molecule has 27 heavy (non-hydrogen) atoms. The fourth-order valence-electron chi connectivity index (χ4n) is 2.07. The smallest absolute Gasteiger partial charge is 0.351 e. The SMILES string of the molecule is CCc1cc(C(=O)c2ccccc2Cl)c(N=NC(NC(=O)CCl)C(=O)O)s1. The van der Waals surface area contributed by atoms with Crippen LogP contribution < -0.4 is 5.32 Å². The van der Waals surface area contributed by atoms with Gasteiger partial charge in [0.05, 0.1) is 10.6 Å². The molecule has 1 unspecified atom stereocenters. The maximum atomic E-state index is 12.8. The molecule has 0 aliphatic carbocycles. The van der Waals surface area contributed by atoms with Gasteiger partial charge in [0.15, 0.2) is 5.78 Å². The number of hydrogen-bond donors (Lipinski definition) is 2. The molecule has 0 saturated heterocycles. The lowest BCUT2D eigenvalue weighted by Gasteiger charge is -2.07. The summed E-state index contributed by atoms with van der Waals surface area (Å²) in [4.78, 5) is 36.2. The minimum absolute atomic E-state index is 0.239. The lowest BCUT2D eigenvalue weighted by Crippen LogP contribution is -2.39. The summed E-state index contributed by atoms with van der Waals surface area (Å²) in [6, 6.07) is 8.27. The molecule has 0 aliphatic heterocycles. The van der Waals surface area contributed by atoms with E-state index in [4.69, 9.17) is 28.3 Å². The second-order valence-corrected chi connectivity index (χ2v) is 7.04. The van der Waals surface area contributed by atoms with Crippen molar-refractivity contribution in [1.29, 1.82) is 0 Å². The van der Waals surface area contributed by atoms with Crippen LogP contribution in [0.4, 0.5) is 5.00 Å². The quantitative estimate of drug-likeness (QED) is 0.376. The van der Waals surface area contributed by atoms with E-state index < -0.39 is 23.9 Å². The Kier molecular flexibility index (Phi) is 7.46. The Labute approximate surface area is 169 Å². The number of halogens is 2. The molecule has 142 valence electrons. The number of ketones is 1. The number of carbonyl (C=O) groups excluding carboxylic acids is 2. The maximum Gasteiger partial charge on any atom is 0.351 e. The van der Waals surface area contributed by atoms with Gasteiger partial charge in [0.25, 0.3) is 0 Å². The number of alkyl halides is 1. The third-order valence-corrected chi connectivity index (χ3v) is 5.13. The van der Waals surface area contributed by atoms with Crippen molar-refractivity contribution in [2.24, 2.45) is 10.2 Å². The zero-order chi connectivity index (χ0) is 20.0. The summed E-state index contributed by atoms with van der Waals surface area (Å²) in [7, 11) is 0. The van der Waals surface area contributed by atoms with E-state index in [1.54, 1.807) is 30.3 Å². The highest BCUT2D eigenvalue weighted by Gasteiger charge is 2.22. The van der Waals surface area contributed by atoms with Gasteiger partial charge in [0.2, 0.25) is 12.1 Å². The molecule has 2 rings (SSSR count). The number of hydrogen-bond acceptors (Lipinski definition) is 6. The predicted octanol–water partition coefficient (Wildman–Crippen LogP) is 4.04. The molecular formula is C17H15Cl2N3O4S. The molecule has 1 amide bonds. The van der Waals surface area contributed by atoms with Crippen molar-refractivity contribution in [3.05, 3.63) is 51.4 Å². The van der Waals surface area contributed by atoms with Gasteiger partial charge in [0.1, 0.15) is 10.9 Å². The zero-order valence-electron chi connectivity index (χ0n) is 14.1. The van der Waals surface area contributed by atoms with Gasteiger partial charge in [-0.05, 0) is 24.6 Å². The topological polar surface area (TPSA) is 108 Å². The average molecular weight is 428 g/mol. The molecule has 1 aromatic carbocycles. The van der Waals surface area contributed by atoms with Crippen LogP contribution in [0.2, 0.25) is 5.02 Å². The lowest BCUT2D eigenvalue weighted by molar-refractivity contribution is -0.141. The second kappa shape index (κ2) is 9.59. The van der Waals surface area contributed by atoms with Gasteiger partial charge < -0.3 is 10.4 Å². The van der Waals surface area contributed by atoms with Gasteiger partial charge in [0, 0.05) is 10.4 Å². The molecular weight excluding hydrogens is 413 g/mol. The maximum absolute atomic E-state index is 12.8. The number of carboxylic acids is 1. The van der Waals surface area contributed by atoms with E-state index in [9.17, 15) is 14.4 Å². The van der Waals surface area contributed by atoms with E-state index in [0.717, 1.165) is 4.88 Å². The van der Waals surface area contributed by atoms with E-state index in [1.165, 1.54) is 11.3 Å². The number of aliphatic carboxylic acids is 1. The molecule has 0 aliphatic rings. The minimum Gasteiger partial charge on any atom is -0.478 e. The molecule has 7 nitrogen and oxygen atoms in total. The first-order valence-electron chi connectivity index (χ1n) is 7.78. The van der Waals surface area contributed by atoms with Crippen molar-refractivity contribution in [2.75, 3.05) is 5.88 Å². The highest BCUT2D eigenvalue weighted by Crippen LogP contribution is 2.34. The largest absolute Gasteiger partial charge is 0.478 e. The molecule has 1 heterocycles. The van der Waals surface area contributed by atoms with Gasteiger partial charge in [-0.3, -0.25) is 9.59 Å². The van der Waals surface area contributed by atoms with Crippen LogP contribution in [0.5, 0.6) is 0 Å². The number of azo groups is 1.